The van der Waals surface area contributed by atoms with Crippen molar-refractivity contribution in [2.45, 2.75) is 20.0 Å². The lowest BCUT2D eigenvalue weighted by Crippen LogP contribution is -2.08. The van der Waals surface area contributed by atoms with Gasteiger partial charge in [0.25, 0.3) is 0 Å². The van der Waals surface area contributed by atoms with Crippen LogP contribution in [0.25, 0.3) is 0 Å². The highest BCUT2D eigenvalue weighted by Crippen LogP contribution is 2.22. The molecule has 2 rings (SSSR count). The fourth-order valence-electron chi connectivity index (χ4n) is 1.62. The van der Waals surface area contributed by atoms with Crippen molar-refractivity contribution in [1.29, 1.82) is 0 Å². The Hall–Kier alpha value is -1.55. The maximum absolute atomic E-state index is 13.6. The number of hydrogen-bond acceptors (Lipinski definition) is 2. The van der Waals surface area contributed by atoms with Crippen LogP contribution in [0.15, 0.2) is 30.5 Å². The van der Waals surface area contributed by atoms with Gasteiger partial charge in [-0.05, 0) is 25.1 Å². The van der Waals surface area contributed by atoms with Crippen LogP contribution in [-0.2, 0) is 13.1 Å². The van der Waals surface area contributed by atoms with Crippen molar-refractivity contribution in [3.05, 3.63) is 47.0 Å². The molecule has 1 heterocycles. The second-order valence-electron chi connectivity index (χ2n) is 3.59. The lowest BCUT2D eigenvalue weighted by Gasteiger charge is -2.09. The number of aryl methyl sites for hydroxylation is 1. The third-order valence-electron chi connectivity index (χ3n) is 2.52. The number of nitrogens with one attached hydrogen (secondary N) is 1. The van der Waals surface area contributed by atoms with Crippen molar-refractivity contribution in [2.75, 3.05) is 5.32 Å². The topological polar surface area (TPSA) is 29.9 Å². The summed E-state index contributed by atoms with van der Waals surface area (Å²) in [6.45, 7) is 3.32. The van der Waals surface area contributed by atoms with Crippen LogP contribution in [0.1, 0.15) is 12.6 Å². The molecular formula is C12H13ClFN3. The van der Waals surface area contributed by atoms with E-state index in [0.717, 1.165) is 12.2 Å². The summed E-state index contributed by atoms with van der Waals surface area (Å²) >= 11 is 5.70. The highest BCUT2D eigenvalue weighted by molar-refractivity contribution is 6.31. The zero-order valence-electron chi connectivity index (χ0n) is 9.45. The monoisotopic (exact) mass is 253 g/mol. The van der Waals surface area contributed by atoms with E-state index in [1.54, 1.807) is 18.3 Å². The molecule has 0 spiro atoms. The third kappa shape index (κ3) is 2.58. The minimum Gasteiger partial charge on any atom is -0.377 e. The maximum atomic E-state index is 13.6. The lowest BCUT2D eigenvalue weighted by molar-refractivity contribution is 0.619. The summed E-state index contributed by atoms with van der Waals surface area (Å²) in [4.78, 5) is 0. The second-order valence-corrected chi connectivity index (χ2v) is 4.00. The predicted molar refractivity (Wildman–Crippen MR) is 66.6 cm³/mol. The quantitative estimate of drug-likeness (QED) is 0.906. The zero-order chi connectivity index (χ0) is 12.3. The summed E-state index contributed by atoms with van der Waals surface area (Å²) in [5, 5.41) is 7.28. The Balaban J connectivity index is 2.10. The molecule has 1 N–H and O–H groups in total. The summed E-state index contributed by atoms with van der Waals surface area (Å²) in [5.74, 6) is -0.420. The van der Waals surface area contributed by atoms with Gasteiger partial charge in [0.2, 0.25) is 0 Å². The molecule has 0 atom stereocenters. The first-order valence-electron chi connectivity index (χ1n) is 5.41. The number of anilines is 1. The molecule has 5 heteroatoms. The van der Waals surface area contributed by atoms with Crippen LogP contribution < -0.4 is 5.32 Å². The average molecular weight is 254 g/mol. The Morgan fingerprint density at radius 2 is 2.24 bits per heavy atom. The molecule has 0 radical (unpaired) electrons. The number of benzene rings is 1. The van der Waals surface area contributed by atoms with Crippen molar-refractivity contribution < 1.29 is 4.39 Å². The number of halogens is 2. The molecule has 17 heavy (non-hydrogen) atoms. The van der Waals surface area contributed by atoms with Crippen LogP contribution in [0, 0.1) is 5.82 Å². The van der Waals surface area contributed by atoms with Crippen LogP contribution in [0.2, 0.25) is 5.02 Å². The minimum absolute atomic E-state index is 0.124. The Morgan fingerprint density at radius 3 is 3.00 bits per heavy atom. The van der Waals surface area contributed by atoms with E-state index in [1.807, 2.05) is 17.7 Å². The van der Waals surface area contributed by atoms with E-state index < -0.39 is 5.82 Å². The summed E-state index contributed by atoms with van der Waals surface area (Å²) in [7, 11) is 0. The molecule has 0 aliphatic carbocycles. The van der Waals surface area contributed by atoms with E-state index in [0.29, 0.717) is 12.2 Å². The first-order chi connectivity index (χ1) is 8.22. The molecule has 0 bridgehead atoms. The smallest absolute Gasteiger partial charge is 0.164 e. The van der Waals surface area contributed by atoms with Crippen LogP contribution in [0.3, 0.4) is 0 Å². The van der Waals surface area contributed by atoms with E-state index in [2.05, 4.69) is 10.4 Å². The molecule has 0 saturated carbocycles. The highest BCUT2D eigenvalue weighted by Gasteiger charge is 2.06. The van der Waals surface area contributed by atoms with Crippen LogP contribution in [0.4, 0.5) is 10.1 Å². The Labute approximate surface area is 104 Å². The predicted octanol–water partition coefficient (Wildman–Crippen LogP) is 3.31. The first-order valence-corrected chi connectivity index (χ1v) is 5.78. The van der Waals surface area contributed by atoms with E-state index in [9.17, 15) is 4.39 Å². The van der Waals surface area contributed by atoms with Crippen LogP contribution in [-0.4, -0.2) is 9.78 Å². The lowest BCUT2D eigenvalue weighted by atomic mass is 10.3. The summed E-state index contributed by atoms with van der Waals surface area (Å²) in [6.07, 6.45) is 1.73. The van der Waals surface area contributed by atoms with Gasteiger partial charge >= 0.3 is 0 Å². The first kappa shape index (κ1) is 11.9. The van der Waals surface area contributed by atoms with Gasteiger partial charge in [0.05, 0.1) is 22.9 Å². The van der Waals surface area contributed by atoms with Crippen molar-refractivity contribution in [3.8, 4) is 0 Å². The van der Waals surface area contributed by atoms with Crippen molar-refractivity contribution in [3.63, 3.8) is 0 Å². The minimum atomic E-state index is -0.420. The molecular weight excluding hydrogens is 241 g/mol. The molecule has 0 aliphatic heterocycles. The molecule has 0 aliphatic rings. The number of aromatic nitrogens is 2. The van der Waals surface area contributed by atoms with Crippen LogP contribution >= 0.6 is 11.6 Å². The molecule has 1 aromatic heterocycles. The zero-order valence-corrected chi connectivity index (χ0v) is 10.2. The standard InChI is InChI=1S/C12H13ClFN3/c1-2-17-9(6-7-16-17)8-15-11-5-3-4-10(13)12(11)14/h3-7,15H,2,8H2,1H3. The molecule has 2 aromatic rings. The maximum Gasteiger partial charge on any atom is 0.164 e. The fraction of sp³-hybridized carbons (Fsp3) is 0.250. The van der Waals surface area contributed by atoms with Gasteiger partial charge in [-0.25, -0.2) is 4.39 Å². The van der Waals surface area contributed by atoms with Gasteiger partial charge in [-0.1, -0.05) is 17.7 Å². The fourth-order valence-corrected chi connectivity index (χ4v) is 1.80. The molecule has 3 nitrogen and oxygen atoms in total. The molecule has 1 aromatic carbocycles. The van der Waals surface area contributed by atoms with Gasteiger partial charge < -0.3 is 5.32 Å². The third-order valence-corrected chi connectivity index (χ3v) is 2.81. The van der Waals surface area contributed by atoms with Gasteiger partial charge in [0, 0.05) is 12.7 Å². The normalized spacial score (nSPS) is 10.5. The Bertz CT molecular complexity index is 510. The van der Waals surface area contributed by atoms with Crippen LogP contribution in [0.5, 0.6) is 0 Å². The molecule has 0 saturated heterocycles. The SMILES string of the molecule is CCn1nccc1CNc1cccc(Cl)c1F. The number of nitrogens with zero attached hydrogens (tertiary/aromatic N) is 2. The molecule has 0 fully saturated rings. The summed E-state index contributed by atoms with van der Waals surface area (Å²) in [6, 6.07) is 6.80. The van der Waals surface area contributed by atoms with Gasteiger partial charge in [0.1, 0.15) is 0 Å². The van der Waals surface area contributed by atoms with Crippen molar-refractivity contribution in [2.24, 2.45) is 0 Å². The summed E-state index contributed by atoms with van der Waals surface area (Å²) < 4.78 is 15.5. The van der Waals surface area contributed by atoms with Crippen molar-refractivity contribution in [1.82, 2.24) is 9.78 Å². The molecule has 90 valence electrons. The summed E-state index contributed by atoms with van der Waals surface area (Å²) in [5.41, 5.74) is 1.41. The van der Waals surface area contributed by atoms with Crippen molar-refractivity contribution >= 4 is 17.3 Å². The second kappa shape index (κ2) is 5.19. The average Bonchev–Trinajstić information content (AvgIpc) is 2.78. The Kier molecular flexibility index (Phi) is 3.64. The van der Waals surface area contributed by atoms with Gasteiger partial charge in [-0.2, -0.15) is 5.10 Å². The van der Waals surface area contributed by atoms with E-state index in [-0.39, 0.29) is 5.02 Å². The van der Waals surface area contributed by atoms with Gasteiger partial charge in [0.15, 0.2) is 5.82 Å². The van der Waals surface area contributed by atoms with E-state index >= 15 is 0 Å². The molecule has 0 amide bonds. The highest BCUT2D eigenvalue weighted by atomic mass is 35.5. The van der Waals surface area contributed by atoms with Gasteiger partial charge in [-0.3, -0.25) is 4.68 Å². The number of rotatable bonds is 4. The Morgan fingerprint density at radius 1 is 1.41 bits per heavy atom. The van der Waals surface area contributed by atoms with E-state index in [1.165, 1.54) is 6.07 Å². The molecule has 0 unspecified atom stereocenters. The largest absolute Gasteiger partial charge is 0.377 e. The van der Waals surface area contributed by atoms with Gasteiger partial charge in [-0.15, -0.1) is 0 Å². The number of hydrogen-bond donors (Lipinski definition) is 1. The van der Waals surface area contributed by atoms with E-state index in [4.69, 9.17) is 11.6 Å².